The third-order valence-electron chi connectivity index (χ3n) is 4.76. The van der Waals surface area contributed by atoms with Crippen molar-refractivity contribution in [2.24, 2.45) is 12.0 Å². The second-order valence-electron chi connectivity index (χ2n) is 7.04. The molecule has 26 heavy (non-hydrogen) atoms. The molecule has 0 aromatic carbocycles. The van der Waals surface area contributed by atoms with Gasteiger partial charge in [0, 0.05) is 52.6 Å². The van der Waals surface area contributed by atoms with Crippen LogP contribution in [0, 0.1) is 0 Å². The van der Waals surface area contributed by atoms with E-state index in [1.54, 1.807) is 0 Å². The number of aromatic nitrogens is 2. The number of rotatable bonds is 9. The highest BCUT2D eigenvalue weighted by Crippen LogP contribution is 2.20. The van der Waals surface area contributed by atoms with E-state index in [1.165, 1.54) is 44.1 Å². The van der Waals surface area contributed by atoms with Gasteiger partial charge in [0.25, 0.3) is 0 Å². The summed E-state index contributed by atoms with van der Waals surface area (Å²) in [7, 11) is 5.83. The van der Waals surface area contributed by atoms with E-state index in [0.717, 1.165) is 38.5 Å². The van der Waals surface area contributed by atoms with Gasteiger partial charge in [0.1, 0.15) is 0 Å². The molecule has 6 nitrogen and oxygen atoms in total. The fourth-order valence-electron chi connectivity index (χ4n) is 3.37. The van der Waals surface area contributed by atoms with E-state index < -0.39 is 0 Å². The predicted octanol–water partition coefficient (Wildman–Crippen LogP) is 3.56. The fraction of sp³-hybridized carbons (Fsp3) is 0.789. The van der Waals surface area contributed by atoms with Crippen molar-refractivity contribution in [1.82, 2.24) is 20.0 Å². The number of unbranched alkanes of at least 4 members (excludes halogenated alkanes) is 2. The van der Waals surface area contributed by atoms with Gasteiger partial charge >= 0.3 is 0 Å². The smallest absolute Gasteiger partial charge is 0.193 e. The Hall–Kier alpha value is -0.830. The van der Waals surface area contributed by atoms with Crippen LogP contribution in [0.4, 0.5) is 0 Å². The zero-order valence-electron chi connectivity index (χ0n) is 16.6. The Kier molecular flexibility index (Phi) is 11.9. The van der Waals surface area contributed by atoms with Crippen LogP contribution in [0.2, 0.25) is 0 Å². The Morgan fingerprint density at radius 2 is 2.08 bits per heavy atom. The molecule has 7 heteroatoms. The molecule has 1 heterocycles. The topological polar surface area (TPSA) is 54.7 Å². The number of nitrogens with one attached hydrogen (secondary N) is 1. The molecular weight excluding hydrogens is 441 g/mol. The lowest BCUT2D eigenvalue weighted by Crippen LogP contribution is -2.38. The van der Waals surface area contributed by atoms with Crippen molar-refractivity contribution in [2.45, 2.75) is 64.0 Å². The Morgan fingerprint density at radius 1 is 1.31 bits per heavy atom. The highest BCUT2D eigenvalue weighted by molar-refractivity contribution is 14.0. The molecule has 1 saturated carbocycles. The summed E-state index contributed by atoms with van der Waals surface area (Å²) in [5, 5.41) is 7.65. The lowest BCUT2D eigenvalue weighted by Gasteiger charge is -2.22. The molecule has 1 aromatic heterocycles. The molecular formula is C19H36IN5O. The molecule has 0 saturated heterocycles. The van der Waals surface area contributed by atoms with Gasteiger partial charge in [-0.3, -0.25) is 9.67 Å². The lowest BCUT2D eigenvalue weighted by atomic mass is 9.98. The van der Waals surface area contributed by atoms with Gasteiger partial charge < -0.3 is 15.0 Å². The lowest BCUT2D eigenvalue weighted by molar-refractivity contribution is 0.0264. The van der Waals surface area contributed by atoms with E-state index in [9.17, 15) is 0 Å². The first kappa shape index (κ1) is 23.2. The number of nitrogens with zero attached hydrogens (tertiary/aromatic N) is 4. The average molecular weight is 477 g/mol. The number of halogens is 1. The number of ether oxygens (including phenoxy) is 1. The SMILES string of the molecule is CN=C(NCCCCCOC1CCCCC1)N(C)Cc1cnn(C)c1.I. The van der Waals surface area contributed by atoms with Gasteiger partial charge in [-0.25, -0.2) is 0 Å². The number of hydrogen-bond acceptors (Lipinski definition) is 3. The molecule has 1 N–H and O–H groups in total. The molecule has 0 atom stereocenters. The van der Waals surface area contributed by atoms with Crippen LogP contribution in [-0.4, -0.2) is 54.0 Å². The zero-order valence-corrected chi connectivity index (χ0v) is 18.9. The van der Waals surface area contributed by atoms with Crippen molar-refractivity contribution in [2.75, 3.05) is 27.2 Å². The number of guanidine groups is 1. The quantitative estimate of drug-likeness (QED) is 0.256. The maximum Gasteiger partial charge on any atom is 0.193 e. The summed E-state index contributed by atoms with van der Waals surface area (Å²) in [6.07, 6.45) is 14.6. The maximum absolute atomic E-state index is 5.98. The molecule has 0 amide bonds. The monoisotopic (exact) mass is 477 g/mol. The Bertz CT molecular complexity index is 514. The Morgan fingerprint density at radius 3 is 2.73 bits per heavy atom. The van der Waals surface area contributed by atoms with Gasteiger partial charge in [-0.1, -0.05) is 19.3 Å². The van der Waals surface area contributed by atoms with Gasteiger partial charge in [-0.05, 0) is 32.1 Å². The Balaban J connectivity index is 0.00000338. The van der Waals surface area contributed by atoms with E-state index >= 15 is 0 Å². The van der Waals surface area contributed by atoms with Crippen LogP contribution in [0.3, 0.4) is 0 Å². The van der Waals surface area contributed by atoms with Crippen LogP contribution >= 0.6 is 24.0 Å². The molecule has 150 valence electrons. The van der Waals surface area contributed by atoms with E-state index in [0.29, 0.717) is 6.10 Å². The third-order valence-corrected chi connectivity index (χ3v) is 4.76. The van der Waals surface area contributed by atoms with Crippen molar-refractivity contribution < 1.29 is 4.74 Å². The van der Waals surface area contributed by atoms with Crippen molar-refractivity contribution in [3.8, 4) is 0 Å². The first-order valence-electron chi connectivity index (χ1n) is 9.70. The van der Waals surface area contributed by atoms with Crippen LogP contribution < -0.4 is 5.32 Å². The minimum absolute atomic E-state index is 0. The second-order valence-corrected chi connectivity index (χ2v) is 7.04. The minimum Gasteiger partial charge on any atom is -0.378 e. The maximum atomic E-state index is 5.98. The Labute approximate surface area is 175 Å². The first-order valence-corrected chi connectivity index (χ1v) is 9.70. The molecule has 1 aromatic rings. The molecule has 1 aliphatic rings. The van der Waals surface area contributed by atoms with Gasteiger partial charge in [0.05, 0.1) is 12.3 Å². The van der Waals surface area contributed by atoms with Crippen LogP contribution in [0.5, 0.6) is 0 Å². The van der Waals surface area contributed by atoms with Gasteiger partial charge in [0.2, 0.25) is 0 Å². The number of aryl methyl sites for hydroxylation is 1. The molecule has 0 spiro atoms. The van der Waals surface area contributed by atoms with Crippen LogP contribution in [0.15, 0.2) is 17.4 Å². The normalized spacial score (nSPS) is 15.6. The van der Waals surface area contributed by atoms with E-state index in [1.807, 2.05) is 31.2 Å². The molecule has 1 aliphatic carbocycles. The summed E-state index contributed by atoms with van der Waals surface area (Å²) in [6, 6.07) is 0. The summed E-state index contributed by atoms with van der Waals surface area (Å²) in [5.74, 6) is 0.933. The molecule has 0 aliphatic heterocycles. The summed E-state index contributed by atoms with van der Waals surface area (Å²) in [6.45, 7) is 2.68. The van der Waals surface area contributed by atoms with Gasteiger partial charge in [-0.15, -0.1) is 24.0 Å². The highest BCUT2D eigenvalue weighted by atomic mass is 127. The standard InChI is InChI=1S/C19H35N5O.HI/c1-20-19(23(2)15-17-14-22-24(3)16-17)21-12-8-5-9-13-25-18-10-6-4-7-11-18;/h14,16,18H,4-13,15H2,1-3H3,(H,20,21);1H. The second kappa shape index (κ2) is 13.4. The molecule has 2 rings (SSSR count). The molecule has 0 bridgehead atoms. The van der Waals surface area contributed by atoms with Gasteiger partial charge in [0.15, 0.2) is 5.96 Å². The van der Waals surface area contributed by atoms with Crippen molar-refractivity contribution in [3.05, 3.63) is 18.0 Å². The zero-order chi connectivity index (χ0) is 17.9. The van der Waals surface area contributed by atoms with Crippen LogP contribution in [0.1, 0.15) is 56.9 Å². The van der Waals surface area contributed by atoms with Crippen molar-refractivity contribution >= 4 is 29.9 Å². The van der Waals surface area contributed by atoms with E-state index in [-0.39, 0.29) is 24.0 Å². The van der Waals surface area contributed by atoms with E-state index in [2.05, 4.69) is 27.4 Å². The van der Waals surface area contributed by atoms with Crippen LogP contribution in [0.25, 0.3) is 0 Å². The van der Waals surface area contributed by atoms with Crippen molar-refractivity contribution in [3.63, 3.8) is 0 Å². The molecule has 0 unspecified atom stereocenters. The molecule has 1 fully saturated rings. The third kappa shape index (κ3) is 8.70. The molecule has 0 radical (unpaired) electrons. The summed E-state index contributed by atoms with van der Waals surface area (Å²) < 4.78 is 7.81. The van der Waals surface area contributed by atoms with E-state index in [4.69, 9.17) is 4.74 Å². The van der Waals surface area contributed by atoms with Crippen LogP contribution in [-0.2, 0) is 18.3 Å². The number of aliphatic imine (C=N–C) groups is 1. The summed E-state index contributed by atoms with van der Waals surface area (Å²) >= 11 is 0. The number of hydrogen-bond donors (Lipinski definition) is 1. The first-order chi connectivity index (χ1) is 12.2. The fourth-order valence-corrected chi connectivity index (χ4v) is 3.37. The average Bonchev–Trinajstić information content (AvgIpc) is 3.03. The summed E-state index contributed by atoms with van der Waals surface area (Å²) in [4.78, 5) is 6.49. The van der Waals surface area contributed by atoms with Gasteiger partial charge in [-0.2, -0.15) is 5.10 Å². The summed E-state index contributed by atoms with van der Waals surface area (Å²) in [5.41, 5.74) is 1.19. The van der Waals surface area contributed by atoms with Crippen molar-refractivity contribution in [1.29, 1.82) is 0 Å². The predicted molar refractivity (Wildman–Crippen MR) is 118 cm³/mol. The minimum atomic E-state index is 0. The highest BCUT2D eigenvalue weighted by Gasteiger charge is 2.13. The largest absolute Gasteiger partial charge is 0.378 e.